The molecular formula is C2H9SSi+. The van der Waals surface area contributed by atoms with Gasteiger partial charge in [-0.2, -0.15) is 0 Å². The van der Waals surface area contributed by atoms with Crippen molar-refractivity contribution in [2.45, 2.75) is 0 Å². The average molecular weight is 93.2 g/mol. The van der Waals surface area contributed by atoms with Gasteiger partial charge in [0.05, 0.1) is 12.5 Å². The summed E-state index contributed by atoms with van der Waals surface area (Å²) >= 11 is 0. The van der Waals surface area contributed by atoms with Gasteiger partial charge in [-0.1, -0.05) is 10.3 Å². The first kappa shape index (κ1) is 4.57. The van der Waals surface area contributed by atoms with Gasteiger partial charge in [0, 0.05) is 0 Å². The van der Waals surface area contributed by atoms with Crippen molar-refractivity contribution in [2.24, 2.45) is 0 Å². The van der Waals surface area contributed by atoms with Crippen molar-refractivity contribution >= 4 is 19.7 Å². The molecule has 0 aliphatic carbocycles. The first-order chi connectivity index (χ1) is 1.73. The molecule has 0 spiro atoms. The van der Waals surface area contributed by atoms with Crippen molar-refractivity contribution in [1.29, 1.82) is 0 Å². The molecule has 0 rings (SSSR count). The Morgan fingerprint density at radius 3 is 1.50 bits per heavy atom. The number of hydrogen-bond donors (Lipinski definition) is 0. The van der Waals surface area contributed by atoms with Gasteiger partial charge in [0.25, 0.3) is 9.39 Å². The van der Waals surface area contributed by atoms with Gasteiger partial charge in [0.1, 0.15) is 0 Å². The maximum Gasteiger partial charge on any atom is 0.251 e. The molecule has 0 atom stereocenters. The van der Waals surface area contributed by atoms with E-state index in [9.17, 15) is 0 Å². The molecule has 2 heteroatoms. The van der Waals surface area contributed by atoms with E-state index in [1.54, 1.807) is 0 Å². The van der Waals surface area contributed by atoms with E-state index < -0.39 is 0 Å². The lowest BCUT2D eigenvalue weighted by Crippen LogP contribution is -1.87. The molecular weight excluding hydrogens is 84.2 g/mol. The number of rotatable bonds is 0. The first-order valence-electron chi connectivity index (χ1n) is 1.22. The van der Waals surface area contributed by atoms with Crippen LogP contribution in [0.4, 0.5) is 0 Å². The van der Waals surface area contributed by atoms with Crippen LogP contribution in [0.3, 0.4) is 0 Å². The third kappa shape index (κ3) is 19.6. The zero-order valence-electron chi connectivity index (χ0n) is 3.41. The summed E-state index contributed by atoms with van der Waals surface area (Å²) in [6.07, 6.45) is 4.51. The summed E-state index contributed by atoms with van der Waals surface area (Å²) in [5, 5.41) is 0. The first-order valence-corrected chi connectivity index (χ1v) is 6.12. The van der Waals surface area contributed by atoms with Crippen LogP contribution in [0.1, 0.15) is 0 Å². The van der Waals surface area contributed by atoms with E-state index in [1.807, 2.05) is 0 Å². The van der Waals surface area contributed by atoms with Crippen molar-refractivity contribution in [3.8, 4) is 0 Å². The molecule has 0 aliphatic rings. The van der Waals surface area contributed by atoms with Gasteiger partial charge >= 0.3 is 0 Å². The summed E-state index contributed by atoms with van der Waals surface area (Å²) in [5.41, 5.74) is 0. The van der Waals surface area contributed by atoms with Crippen LogP contribution in [-0.2, 0) is 10.3 Å². The van der Waals surface area contributed by atoms with Gasteiger partial charge in [0.2, 0.25) is 0 Å². The molecule has 0 aromatic rings. The zero-order valence-corrected chi connectivity index (χ0v) is 6.22. The molecule has 0 bridgehead atoms. The third-order valence-corrected chi connectivity index (χ3v) is 0. The second-order valence-corrected chi connectivity index (χ2v) is 8.57. The molecule has 0 aromatic heterocycles. The lowest BCUT2D eigenvalue weighted by Gasteiger charge is -1.71. The summed E-state index contributed by atoms with van der Waals surface area (Å²) in [6, 6.07) is 0. The molecule has 0 nitrogen and oxygen atoms in total. The van der Waals surface area contributed by atoms with E-state index >= 15 is 0 Å². The monoisotopic (exact) mass is 93.0 g/mol. The van der Waals surface area contributed by atoms with Gasteiger partial charge < -0.3 is 0 Å². The van der Waals surface area contributed by atoms with Crippen LogP contribution in [-0.4, -0.2) is 21.9 Å². The minimum Gasteiger partial charge on any atom is -0.0852 e. The lowest BCUT2D eigenvalue weighted by atomic mass is 11.9. The second kappa shape index (κ2) is 1.85. The Hall–Kier alpha value is 0.567. The highest BCUT2D eigenvalue weighted by Gasteiger charge is 1.76. The molecule has 0 fully saturated rings. The molecule has 0 amide bonds. The van der Waals surface area contributed by atoms with E-state index in [0.717, 1.165) is 10.3 Å². The SMILES string of the molecule is C[S+](C)[SiH3]. The van der Waals surface area contributed by atoms with Crippen LogP contribution in [0.2, 0.25) is 0 Å². The highest BCUT2D eigenvalue weighted by Crippen LogP contribution is 1.61. The Labute approximate surface area is 33.0 Å². The fourth-order valence-electron chi connectivity index (χ4n) is 0. The molecule has 0 N–H and O–H groups in total. The summed E-state index contributed by atoms with van der Waals surface area (Å²) in [4.78, 5) is 0. The maximum atomic E-state index is 2.26. The molecule has 4 heavy (non-hydrogen) atoms. The highest BCUT2D eigenvalue weighted by molar-refractivity contribution is 8.15. The van der Waals surface area contributed by atoms with E-state index in [2.05, 4.69) is 12.5 Å². The maximum absolute atomic E-state index is 2.26. The summed E-state index contributed by atoms with van der Waals surface area (Å²) in [6.45, 7) is 0. The average Bonchev–Trinajstić information content (AvgIpc) is 0.811. The summed E-state index contributed by atoms with van der Waals surface area (Å²) in [5.74, 6) is 0. The molecule has 26 valence electrons. The van der Waals surface area contributed by atoms with Crippen molar-refractivity contribution < 1.29 is 0 Å². The van der Waals surface area contributed by atoms with Crippen molar-refractivity contribution in [3.05, 3.63) is 0 Å². The zero-order chi connectivity index (χ0) is 3.58. The van der Waals surface area contributed by atoms with E-state index in [0.29, 0.717) is 0 Å². The normalized spacial score (nSPS) is 9.75. The van der Waals surface area contributed by atoms with Crippen LogP contribution < -0.4 is 0 Å². The molecule has 0 heterocycles. The van der Waals surface area contributed by atoms with E-state index in [-0.39, 0.29) is 0 Å². The van der Waals surface area contributed by atoms with Crippen molar-refractivity contribution in [1.82, 2.24) is 0 Å². The van der Waals surface area contributed by atoms with Crippen LogP contribution in [0, 0.1) is 0 Å². The van der Waals surface area contributed by atoms with Gasteiger partial charge in [-0.3, -0.25) is 0 Å². The predicted octanol–water partition coefficient (Wildman–Crippen LogP) is -0.855. The molecule has 0 aromatic carbocycles. The van der Waals surface area contributed by atoms with Gasteiger partial charge in [-0.25, -0.2) is 0 Å². The highest BCUT2D eigenvalue weighted by atomic mass is 32.4. The Morgan fingerprint density at radius 1 is 1.50 bits per heavy atom. The van der Waals surface area contributed by atoms with Gasteiger partial charge in [-0.15, -0.1) is 0 Å². The fraction of sp³-hybridized carbons (Fsp3) is 1.00. The molecule has 0 aliphatic heterocycles. The van der Waals surface area contributed by atoms with Crippen LogP contribution in [0.5, 0.6) is 0 Å². The topological polar surface area (TPSA) is 0 Å². The number of hydrogen-bond acceptors (Lipinski definition) is 0. The van der Waals surface area contributed by atoms with Crippen LogP contribution >= 0.6 is 0 Å². The van der Waals surface area contributed by atoms with Crippen LogP contribution in [0.25, 0.3) is 0 Å². The largest absolute Gasteiger partial charge is 0.251 e. The predicted molar refractivity (Wildman–Crippen MR) is 29.2 cm³/mol. The Morgan fingerprint density at radius 2 is 1.50 bits per heavy atom. The Balaban J connectivity index is 2.32. The van der Waals surface area contributed by atoms with E-state index in [4.69, 9.17) is 0 Å². The lowest BCUT2D eigenvalue weighted by molar-refractivity contribution is 2.33. The molecule has 0 saturated carbocycles. The molecule has 0 radical (unpaired) electrons. The molecule has 0 saturated heterocycles. The van der Waals surface area contributed by atoms with E-state index in [1.165, 1.54) is 9.39 Å². The van der Waals surface area contributed by atoms with Gasteiger partial charge in [0.15, 0.2) is 0 Å². The molecule has 0 unspecified atom stereocenters. The summed E-state index contributed by atoms with van der Waals surface area (Å²) < 4.78 is 0. The smallest absolute Gasteiger partial charge is 0.0852 e. The minimum atomic E-state index is 0.778. The Bertz CT molecular complexity index is 10.8. The van der Waals surface area contributed by atoms with Crippen molar-refractivity contribution in [2.75, 3.05) is 12.5 Å². The summed E-state index contributed by atoms with van der Waals surface area (Å²) in [7, 11) is 2.15. The minimum absolute atomic E-state index is 0.778. The standard InChI is InChI=1S/C2H9SSi/c1-3(2)4/h1-2,4H3/q+1. The third-order valence-electron chi connectivity index (χ3n) is 0. The Kier molecular flexibility index (Phi) is 2.11. The second-order valence-electron chi connectivity index (χ2n) is 1.22. The quantitative estimate of drug-likeness (QED) is 0.270. The van der Waals surface area contributed by atoms with Crippen molar-refractivity contribution in [3.63, 3.8) is 0 Å². The van der Waals surface area contributed by atoms with Crippen LogP contribution in [0.15, 0.2) is 0 Å². The fourth-order valence-corrected chi connectivity index (χ4v) is 0. The van der Waals surface area contributed by atoms with Gasteiger partial charge in [-0.05, 0) is 0 Å².